The normalized spacial score (nSPS) is 11.4. The number of carbonyl (C=O) groups is 1. The molecule has 0 spiro atoms. The maximum absolute atomic E-state index is 12.5. The van der Waals surface area contributed by atoms with Crippen LogP contribution in [0.5, 0.6) is 0 Å². The summed E-state index contributed by atoms with van der Waals surface area (Å²) in [7, 11) is 0. The molecule has 1 aromatic heterocycles. The molecule has 2 aromatic rings. The van der Waals surface area contributed by atoms with Crippen LogP contribution in [0.1, 0.15) is 27.9 Å². The van der Waals surface area contributed by atoms with Gasteiger partial charge in [-0.05, 0) is 36.2 Å². The first-order chi connectivity index (χ1) is 9.82. The third kappa shape index (κ3) is 3.30. The van der Waals surface area contributed by atoms with Crippen molar-refractivity contribution in [3.8, 4) is 0 Å². The predicted octanol–water partition coefficient (Wildman–Crippen LogP) is 2.95. The molecule has 5 nitrogen and oxygen atoms in total. The highest BCUT2D eigenvalue weighted by Gasteiger charge is 2.31. The van der Waals surface area contributed by atoms with Gasteiger partial charge in [-0.25, -0.2) is 0 Å². The van der Waals surface area contributed by atoms with E-state index in [1.807, 2.05) is 6.92 Å². The van der Waals surface area contributed by atoms with E-state index < -0.39 is 17.6 Å². The number of aryl methyl sites for hydroxylation is 1. The zero-order chi connectivity index (χ0) is 15.6. The topological polar surface area (TPSA) is 80.9 Å². The molecule has 9 heteroatoms. The Morgan fingerprint density at radius 1 is 1.43 bits per heavy atom. The molecule has 0 atom stereocenters. The minimum Gasteiger partial charge on any atom is -0.397 e. The number of halogens is 3. The lowest BCUT2D eigenvalue weighted by molar-refractivity contribution is -0.137. The standard InChI is InChI=1S/C12H11F3N4OS/c1-2-8-10(21-19-18-8)11(20)17-9-4-3-6(5-7(9)16)12(13,14)15/h3-5H,2,16H2,1H3,(H,17,20). The van der Waals surface area contributed by atoms with Gasteiger partial charge in [0.05, 0.1) is 22.6 Å². The molecule has 0 aliphatic rings. The molecule has 1 heterocycles. The summed E-state index contributed by atoms with van der Waals surface area (Å²) in [5, 5.41) is 6.26. The van der Waals surface area contributed by atoms with Crippen molar-refractivity contribution in [2.45, 2.75) is 19.5 Å². The minimum absolute atomic E-state index is 0.114. The highest BCUT2D eigenvalue weighted by Crippen LogP contribution is 2.33. The van der Waals surface area contributed by atoms with Crippen LogP contribution < -0.4 is 11.1 Å². The molecule has 0 unspecified atom stereocenters. The van der Waals surface area contributed by atoms with Crippen molar-refractivity contribution in [1.29, 1.82) is 0 Å². The van der Waals surface area contributed by atoms with E-state index in [9.17, 15) is 18.0 Å². The monoisotopic (exact) mass is 316 g/mol. The molecule has 3 N–H and O–H groups in total. The summed E-state index contributed by atoms with van der Waals surface area (Å²) in [4.78, 5) is 12.3. The van der Waals surface area contributed by atoms with E-state index >= 15 is 0 Å². The summed E-state index contributed by atoms with van der Waals surface area (Å²) >= 11 is 0.921. The maximum atomic E-state index is 12.5. The van der Waals surface area contributed by atoms with Crippen molar-refractivity contribution >= 4 is 28.8 Å². The number of rotatable bonds is 3. The van der Waals surface area contributed by atoms with Crippen molar-refractivity contribution < 1.29 is 18.0 Å². The highest BCUT2D eigenvalue weighted by atomic mass is 32.1. The van der Waals surface area contributed by atoms with Crippen LogP contribution in [0, 0.1) is 0 Å². The molecule has 2 rings (SSSR count). The Hall–Kier alpha value is -2.16. The van der Waals surface area contributed by atoms with Crippen LogP contribution in [0.4, 0.5) is 24.5 Å². The van der Waals surface area contributed by atoms with Crippen LogP contribution in [0.3, 0.4) is 0 Å². The van der Waals surface area contributed by atoms with Gasteiger partial charge in [-0.2, -0.15) is 13.2 Å². The first-order valence-corrected chi connectivity index (χ1v) is 6.69. The molecule has 0 aliphatic heterocycles. The van der Waals surface area contributed by atoms with E-state index in [4.69, 9.17) is 5.73 Å². The highest BCUT2D eigenvalue weighted by molar-refractivity contribution is 7.08. The van der Waals surface area contributed by atoms with Crippen molar-refractivity contribution in [1.82, 2.24) is 9.59 Å². The first-order valence-electron chi connectivity index (χ1n) is 5.92. The molecule has 21 heavy (non-hydrogen) atoms. The van der Waals surface area contributed by atoms with Crippen LogP contribution >= 0.6 is 11.5 Å². The van der Waals surface area contributed by atoms with Crippen molar-refractivity contribution in [3.05, 3.63) is 34.3 Å². The lowest BCUT2D eigenvalue weighted by Gasteiger charge is -2.11. The lowest BCUT2D eigenvalue weighted by Crippen LogP contribution is -2.14. The van der Waals surface area contributed by atoms with Gasteiger partial charge in [-0.1, -0.05) is 11.4 Å². The van der Waals surface area contributed by atoms with Crippen LogP contribution in [-0.4, -0.2) is 15.5 Å². The van der Waals surface area contributed by atoms with E-state index in [0.29, 0.717) is 17.0 Å². The number of carbonyl (C=O) groups excluding carboxylic acids is 1. The quantitative estimate of drug-likeness (QED) is 0.853. The molecular formula is C12H11F3N4OS. The number of nitrogens with one attached hydrogen (secondary N) is 1. The summed E-state index contributed by atoms with van der Waals surface area (Å²) < 4.78 is 41.3. The predicted molar refractivity (Wildman–Crippen MR) is 73.1 cm³/mol. The van der Waals surface area contributed by atoms with Crippen LogP contribution in [0.25, 0.3) is 0 Å². The largest absolute Gasteiger partial charge is 0.416 e. The Morgan fingerprint density at radius 2 is 2.14 bits per heavy atom. The molecule has 0 bridgehead atoms. The summed E-state index contributed by atoms with van der Waals surface area (Å²) in [5.74, 6) is -0.492. The zero-order valence-electron chi connectivity index (χ0n) is 10.9. The second-order valence-electron chi connectivity index (χ2n) is 4.16. The molecule has 1 amide bonds. The lowest BCUT2D eigenvalue weighted by atomic mass is 10.1. The number of amides is 1. The Labute approximate surface area is 122 Å². The molecule has 112 valence electrons. The number of hydrogen-bond acceptors (Lipinski definition) is 5. The SMILES string of the molecule is CCc1nnsc1C(=O)Nc1ccc(C(F)(F)F)cc1N. The summed E-state index contributed by atoms with van der Waals surface area (Å²) in [6.45, 7) is 1.82. The fraction of sp³-hybridized carbons (Fsp3) is 0.250. The summed E-state index contributed by atoms with van der Waals surface area (Å²) in [6.07, 6.45) is -3.95. The van der Waals surface area contributed by atoms with Gasteiger partial charge < -0.3 is 11.1 Å². The van der Waals surface area contributed by atoms with Crippen molar-refractivity contribution in [2.75, 3.05) is 11.1 Å². The maximum Gasteiger partial charge on any atom is 0.416 e. The number of anilines is 2. The van der Waals surface area contributed by atoms with Gasteiger partial charge in [0.15, 0.2) is 0 Å². The van der Waals surface area contributed by atoms with E-state index in [1.54, 1.807) is 0 Å². The second kappa shape index (κ2) is 5.68. The van der Waals surface area contributed by atoms with Gasteiger partial charge in [0.1, 0.15) is 4.88 Å². The van der Waals surface area contributed by atoms with E-state index in [-0.39, 0.29) is 11.4 Å². The Morgan fingerprint density at radius 3 is 2.71 bits per heavy atom. The zero-order valence-corrected chi connectivity index (χ0v) is 11.7. The molecule has 0 fully saturated rings. The summed E-state index contributed by atoms with van der Waals surface area (Å²) in [5.41, 5.74) is 5.17. The van der Waals surface area contributed by atoms with Crippen LogP contribution in [-0.2, 0) is 12.6 Å². The Balaban J connectivity index is 2.22. The summed E-state index contributed by atoms with van der Waals surface area (Å²) in [6, 6.07) is 2.76. The number of hydrogen-bond donors (Lipinski definition) is 2. The van der Waals surface area contributed by atoms with E-state index in [1.165, 1.54) is 0 Å². The Bertz CT molecular complexity index is 669. The Kier molecular flexibility index (Phi) is 4.12. The third-order valence-corrected chi connectivity index (χ3v) is 3.49. The number of alkyl halides is 3. The number of benzene rings is 1. The average molecular weight is 316 g/mol. The minimum atomic E-state index is -4.48. The number of nitrogens with two attached hydrogens (primary N) is 1. The van der Waals surface area contributed by atoms with Crippen molar-refractivity contribution in [3.63, 3.8) is 0 Å². The molecule has 0 aliphatic carbocycles. The molecular weight excluding hydrogens is 305 g/mol. The fourth-order valence-corrected chi connectivity index (χ4v) is 2.29. The number of aromatic nitrogens is 2. The van der Waals surface area contributed by atoms with Crippen LogP contribution in [0.2, 0.25) is 0 Å². The molecule has 1 aromatic carbocycles. The number of nitrogens with zero attached hydrogens (tertiary/aromatic N) is 2. The second-order valence-corrected chi connectivity index (χ2v) is 4.91. The third-order valence-electron chi connectivity index (χ3n) is 2.72. The molecule has 0 radical (unpaired) electrons. The van der Waals surface area contributed by atoms with Gasteiger partial charge in [0.2, 0.25) is 0 Å². The van der Waals surface area contributed by atoms with Gasteiger partial charge in [0.25, 0.3) is 5.91 Å². The first kappa shape index (κ1) is 15.2. The van der Waals surface area contributed by atoms with Crippen molar-refractivity contribution in [2.24, 2.45) is 0 Å². The van der Waals surface area contributed by atoms with E-state index in [2.05, 4.69) is 14.9 Å². The van der Waals surface area contributed by atoms with E-state index in [0.717, 1.165) is 29.7 Å². The van der Waals surface area contributed by atoms with Gasteiger partial charge >= 0.3 is 6.18 Å². The number of nitrogen functional groups attached to an aromatic ring is 1. The van der Waals surface area contributed by atoms with Gasteiger partial charge in [0, 0.05) is 0 Å². The average Bonchev–Trinajstić information content (AvgIpc) is 2.88. The molecule has 0 saturated carbocycles. The van der Waals surface area contributed by atoms with Crippen LogP contribution in [0.15, 0.2) is 18.2 Å². The smallest absolute Gasteiger partial charge is 0.397 e. The van der Waals surface area contributed by atoms with Gasteiger partial charge in [-0.15, -0.1) is 5.10 Å². The molecule has 0 saturated heterocycles. The van der Waals surface area contributed by atoms with Gasteiger partial charge in [-0.3, -0.25) is 4.79 Å². The fourth-order valence-electron chi connectivity index (χ4n) is 1.64.